The van der Waals surface area contributed by atoms with E-state index >= 15 is 0 Å². The predicted octanol–water partition coefficient (Wildman–Crippen LogP) is 6.49. The van der Waals surface area contributed by atoms with Gasteiger partial charge in [-0.3, -0.25) is 24.4 Å². The molecule has 2 unspecified atom stereocenters. The average Bonchev–Trinajstić information content (AvgIpc) is 3.06. The fraction of sp³-hybridized carbons (Fsp3) is 0.459. The van der Waals surface area contributed by atoms with E-state index in [1.165, 1.54) is 0 Å². The number of ether oxygens (including phenoxy) is 1. The summed E-state index contributed by atoms with van der Waals surface area (Å²) in [6.07, 6.45) is 6.36. The van der Waals surface area contributed by atoms with Crippen molar-refractivity contribution in [2.24, 2.45) is 10.9 Å². The second-order valence-electron chi connectivity index (χ2n) is 12.9. The summed E-state index contributed by atoms with van der Waals surface area (Å²) in [5, 5.41) is 10.9. The summed E-state index contributed by atoms with van der Waals surface area (Å²) in [5.41, 5.74) is 2.63. The van der Waals surface area contributed by atoms with Crippen molar-refractivity contribution in [3.8, 4) is 11.3 Å². The van der Waals surface area contributed by atoms with Crippen LogP contribution in [0.1, 0.15) is 76.3 Å². The summed E-state index contributed by atoms with van der Waals surface area (Å²) < 4.78 is 13.1. The minimum Gasteiger partial charge on any atom is -0.481 e. The molecule has 0 spiro atoms. The summed E-state index contributed by atoms with van der Waals surface area (Å²) in [6.45, 7) is 10.4. The number of carboxylic acids is 1. The van der Waals surface area contributed by atoms with Crippen molar-refractivity contribution in [2.45, 2.75) is 78.0 Å². The van der Waals surface area contributed by atoms with Crippen LogP contribution in [-0.4, -0.2) is 64.6 Å². The lowest BCUT2D eigenvalue weighted by atomic mass is 9.75. The number of nitrogens with zero attached hydrogens (tertiary/aromatic N) is 3. The summed E-state index contributed by atoms with van der Waals surface area (Å²) in [7, 11) is 0. The summed E-state index contributed by atoms with van der Waals surface area (Å²) in [5.74, 6) is -4.46. The van der Waals surface area contributed by atoms with Crippen molar-refractivity contribution >= 4 is 28.6 Å². The molecule has 242 valence electrons. The van der Waals surface area contributed by atoms with E-state index in [-0.39, 0.29) is 16.6 Å². The van der Waals surface area contributed by atoms with Crippen LogP contribution in [0.2, 0.25) is 0 Å². The molecule has 2 fully saturated rings. The third-order valence-corrected chi connectivity index (χ3v) is 10.0. The maximum atomic E-state index is 14.6. The molecule has 2 atom stereocenters. The van der Waals surface area contributed by atoms with Gasteiger partial charge in [0.05, 0.1) is 11.0 Å². The largest absolute Gasteiger partial charge is 0.481 e. The Bertz CT molecular complexity index is 1740. The molecule has 0 amide bonds. The molecule has 3 aromatic rings. The standard InChI is InChI=1S/C37H43N3O6/c1-23-32(41)28-18-14-17-27(34(28)45-33(23)26-15-8-5-9-16-26)31-29(35(42)43)24(2)38-25(3)30(31)36(44)46-37(4,39-19-10-6-11-20-39)40-21-12-7-13-22-40/h5,8-9,14-18,29,31H,6-7,10-13,19-22H2,1-4H3,(H,42,43). The minimum atomic E-state index is -1.17. The van der Waals surface area contributed by atoms with Crippen molar-refractivity contribution in [3.05, 3.63) is 81.2 Å². The maximum Gasteiger partial charge on any atom is 0.339 e. The first kappa shape index (κ1) is 31.9. The highest BCUT2D eigenvalue weighted by atomic mass is 16.6. The topological polar surface area (TPSA) is 113 Å². The molecule has 9 heteroatoms. The first-order chi connectivity index (χ1) is 22.1. The van der Waals surface area contributed by atoms with Crippen molar-refractivity contribution in [2.75, 3.05) is 26.2 Å². The van der Waals surface area contributed by atoms with Gasteiger partial charge in [-0.1, -0.05) is 55.3 Å². The lowest BCUT2D eigenvalue weighted by Crippen LogP contribution is -2.63. The second-order valence-corrected chi connectivity index (χ2v) is 12.9. The number of hydrogen-bond donors (Lipinski definition) is 1. The van der Waals surface area contributed by atoms with Gasteiger partial charge in [-0.05, 0) is 52.5 Å². The second kappa shape index (κ2) is 13.0. The molecule has 2 aromatic carbocycles. The molecule has 4 heterocycles. The number of aliphatic carboxylic acids is 1. The van der Waals surface area contributed by atoms with Crippen LogP contribution in [0.15, 0.2) is 74.0 Å². The Morgan fingerprint density at radius 2 is 1.50 bits per heavy atom. The number of aliphatic imine (C=N–C) groups is 1. The number of allylic oxidation sites excluding steroid dienone is 1. The fourth-order valence-corrected chi connectivity index (χ4v) is 7.58. The number of rotatable bonds is 7. The van der Waals surface area contributed by atoms with Crippen molar-refractivity contribution in [1.29, 1.82) is 0 Å². The molecule has 9 nitrogen and oxygen atoms in total. The van der Waals surface area contributed by atoms with E-state index < -0.39 is 29.6 Å². The van der Waals surface area contributed by atoms with Gasteiger partial charge in [-0.2, -0.15) is 0 Å². The van der Waals surface area contributed by atoms with Gasteiger partial charge >= 0.3 is 11.9 Å². The maximum absolute atomic E-state index is 14.6. The van der Waals surface area contributed by atoms with Gasteiger partial charge in [0.15, 0.2) is 5.43 Å². The zero-order valence-corrected chi connectivity index (χ0v) is 27.2. The number of carbonyl (C=O) groups is 2. The SMILES string of the molecule is CC1=NC(C)=C(C(=O)OC(C)(N2CCCCC2)N2CCCCC2)C(c2cccc3c(=O)c(C)c(-c4ccccc4)oc23)C1C(=O)O. The van der Waals surface area contributed by atoms with Crippen molar-refractivity contribution in [1.82, 2.24) is 9.80 Å². The van der Waals surface area contributed by atoms with Crippen LogP contribution in [0.3, 0.4) is 0 Å². The van der Waals surface area contributed by atoms with E-state index in [1.54, 1.807) is 39.0 Å². The third-order valence-electron chi connectivity index (χ3n) is 10.0. The molecule has 0 saturated carbocycles. The van der Waals surface area contributed by atoms with Crippen LogP contribution in [0.4, 0.5) is 0 Å². The Labute approximate surface area is 269 Å². The summed E-state index contributed by atoms with van der Waals surface area (Å²) >= 11 is 0. The van der Waals surface area contributed by atoms with Crippen molar-refractivity contribution in [3.63, 3.8) is 0 Å². The molecule has 1 N–H and O–H groups in total. The van der Waals surface area contributed by atoms with E-state index in [0.29, 0.717) is 33.7 Å². The number of carbonyl (C=O) groups excluding carboxylic acids is 1. The molecule has 3 aliphatic heterocycles. The minimum absolute atomic E-state index is 0.176. The van der Waals surface area contributed by atoms with Crippen LogP contribution < -0.4 is 5.43 Å². The predicted molar refractivity (Wildman–Crippen MR) is 178 cm³/mol. The van der Waals surface area contributed by atoms with Gasteiger partial charge in [-0.25, -0.2) is 4.79 Å². The molecule has 46 heavy (non-hydrogen) atoms. The molecule has 2 saturated heterocycles. The van der Waals surface area contributed by atoms with E-state index in [4.69, 9.17) is 9.15 Å². The number of carboxylic acid groups (broad SMARTS) is 1. The van der Waals surface area contributed by atoms with E-state index in [9.17, 15) is 19.5 Å². The van der Waals surface area contributed by atoms with E-state index in [0.717, 1.165) is 70.3 Å². The van der Waals surface area contributed by atoms with Gasteiger partial charge in [0.25, 0.3) is 0 Å². The summed E-state index contributed by atoms with van der Waals surface area (Å²) in [6, 6.07) is 14.5. The third kappa shape index (κ3) is 5.71. The van der Waals surface area contributed by atoms with Gasteiger partial charge in [0, 0.05) is 67.1 Å². The van der Waals surface area contributed by atoms with E-state index in [2.05, 4.69) is 14.8 Å². The zero-order chi connectivity index (χ0) is 32.6. The Hall–Kier alpha value is -4.08. The lowest BCUT2D eigenvalue weighted by molar-refractivity contribution is -0.236. The van der Waals surface area contributed by atoms with Gasteiger partial charge in [0.2, 0.25) is 5.85 Å². The lowest BCUT2D eigenvalue weighted by Gasteiger charge is -2.50. The monoisotopic (exact) mass is 625 g/mol. The highest BCUT2D eigenvalue weighted by Gasteiger charge is 2.47. The van der Waals surface area contributed by atoms with Crippen LogP contribution in [0.5, 0.6) is 0 Å². The van der Waals surface area contributed by atoms with E-state index in [1.807, 2.05) is 37.3 Å². The van der Waals surface area contributed by atoms with Gasteiger partial charge < -0.3 is 14.3 Å². The van der Waals surface area contributed by atoms with Crippen molar-refractivity contribution < 1.29 is 23.8 Å². The van der Waals surface area contributed by atoms with Crippen LogP contribution in [0, 0.1) is 12.8 Å². The van der Waals surface area contributed by atoms with Crippen LogP contribution in [-0.2, 0) is 14.3 Å². The highest BCUT2D eigenvalue weighted by molar-refractivity contribution is 6.07. The normalized spacial score (nSPS) is 21.7. The number of benzene rings is 2. The molecular formula is C37H43N3O6. The first-order valence-electron chi connectivity index (χ1n) is 16.5. The Kier molecular flexibility index (Phi) is 8.99. The first-order valence-corrected chi connectivity index (χ1v) is 16.5. The van der Waals surface area contributed by atoms with Gasteiger partial charge in [0.1, 0.15) is 17.3 Å². The molecule has 0 radical (unpaired) electrons. The molecule has 1 aromatic heterocycles. The number of para-hydroxylation sites is 1. The molecule has 3 aliphatic rings. The summed E-state index contributed by atoms with van der Waals surface area (Å²) in [4.78, 5) is 50.4. The number of likely N-dealkylation sites (tertiary alicyclic amines) is 2. The van der Waals surface area contributed by atoms with Gasteiger partial charge in [-0.15, -0.1) is 0 Å². The molecule has 6 rings (SSSR count). The number of hydrogen-bond acceptors (Lipinski definition) is 8. The molecular weight excluding hydrogens is 582 g/mol. The van der Waals surface area contributed by atoms with Crippen LogP contribution in [0.25, 0.3) is 22.3 Å². The Morgan fingerprint density at radius 3 is 2.09 bits per heavy atom. The fourth-order valence-electron chi connectivity index (χ4n) is 7.58. The molecule has 0 aliphatic carbocycles. The quantitative estimate of drug-likeness (QED) is 0.297. The smallest absolute Gasteiger partial charge is 0.339 e. The Balaban J connectivity index is 1.51. The number of piperidine rings is 2. The highest BCUT2D eigenvalue weighted by Crippen LogP contribution is 2.44. The van der Waals surface area contributed by atoms with Crippen LogP contribution >= 0.6 is 0 Å². The average molecular weight is 626 g/mol. The number of esters is 1. The molecule has 0 bridgehead atoms. The zero-order valence-electron chi connectivity index (χ0n) is 27.2. The number of fused-ring (bicyclic) bond motifs is 1. The Morgan fingerprint density at radius 1 is 0.891 bits per heavy atom.